The molecular weight excluding hydrogens is 322 g/mol. The highest BCUT2D eigenvalue weighted by Crippen LogP contribution is 2.16. The Morgan fingerprint density at radius 2 is 1.72 bits per heavy atom. The van der Waals surface area contributed by atoms with Gasteiger partial charge in [-0.2, -0.15) is 0 Å². The van der Waals surface area contributed by atoms with Crippen LogP contribution in [0.5, 0.6) is 0 Å². The molecule has 3 N–H and O–H groups in total. The number of rotatable bonds is 6. The third-order valence-electron chi connectivity index (χ3n) is 2.81. The molecule has 3 amide bonds. The van der Waals surface area contributed by atoms with E-state index in [0.717, 1.165) is 0 Å². The Morgan fingerprint density at radius 3 is 2.28 bits per heavy atom. The van der Waals surface area contributed by atoms with Gasteiger partial charge in [-0.15, -0.1) is 0 Å². The molecular formula is C18H25N3O4. The van der Waals surface area contributed by atoms with Crippen molar-refractivity contribution in [3.63, 3.8) is 0 Å². The first-order chi connectivity index (χ1) is 11.6. The summed E-state index contributed by atoms with van der Waals surface area (Å²) < 4.78 is 5.08. The Labute approximate surface area is 147 Å². The molecule has 0 bridgehead atoms. The number of hydrogen-bond acceptors (Lipinski definition) is 4. The summed E-state index contributed by atoms with van der Waals surface area (Å²) in [5, 5.41) is 7.89. The van der Waals surface area contributed by atoms with Gasteiger partial charge in [0.15, 0.2) is 0 Å². The molecule has 0 heterocycles. The van der Waals surface area contributed by atoms with Crippen LogP contribution in [-0.2, 0) is 14.3 Å². The second kappa shape index (κ2) is 8.86. The highest BCUT2D eigenvalue weighted by atomic mass is 16.6. The molecule has 0 saturated heterocycles. The minimum Gasteiger partial charge on any atom is -0.444 e. The summed E-state index contributed by atoms with van der Waals surface area (Å²) in [7, 11) is 0. The molecule has 0 spiro atoms. The number of ether oxygens (including phenoxy) is 1. The average Bonchev–Trinajstić information content (AvgIpc) is 2.45. The van der Waals surface area contributed by atoms with Crippen LogP contribution in [0.15, 0.2) is 36.4 Å². The maximum Gasteiger partial charge on any atom is 0.407 e. The fourth-order valence-corrected chi connectivity index (χ4v) is 1.73. The Hall–Kier alpha value is -2.83. The van der Waals surface area contributed by atoms with Crippen molar-refractivity contribution >= 4 is 29.3 Å². The van der Waals surface area contributed by atoms with Crippen LogP contribution in [0, 0.1) is 0 Å². The molecule has 0 unspecified atom stereocenters. The van der Waals surface area contributed by atoms with E-state index < -0.39 is 11.7 Å². The van der Waals surface area contributed by atoms with Crippen molar-refractivity contribution < 1.29 is 19.1 Å². The molecule has 0 aliphatic rings. The molecule has 25 heavy (non-hydrogen) atoms. The molecule has 0 aliphatic carbocycles. The number of carbonyl (C=O) groups excluding carboxylic acids is 3. The van der Waals surface area contributed by atoms with E-state index in [-0.39, 0.29) is 24.8 Å². The Balaban J connectivity index is 2.46. The lowest BCUT2D eigenvalue weighted by Crippen LogP contribution is -2.34. The molecule has 0 radical (unpaired) electrons. The third-order valence-corrected chi connectivity index (χ3v) is 2.81. The monoisotopic (exact) mass is 347 g/mol. The van der Waals surface area contributed by atoms with Crippen LogP contribution in [0.2, 0.25) is 0 Å². The second-order valence-corrected chi connectivity index (χ2v) is 6.54. The van der Waals surface area contributed by atoms with Crippen LogP contribution < -0.4 is 16.0 Å². The van der Waals surface area contributed by atoms with Crippen molar-refractivity contribution in [1.82, 2.24) is 5.32 Å². The smallest absolute Gasteiger partial charge is 0.407 e. The van der Waals surface area contributed by atoms with Crippen LogP contribution in [-0.4, -0.2) is 30.1 Å². The largest absolute Gasteiger partial charge is 0.444 e. The predicted molar refractivity (Wildman–Crippen MR) is 97.4 cm³/mol. The van der Waals surface area contributed by atoms with Crippen molar-refractivity contribution in [2.24, 2.45) is 0 Å². The van der Waals surface area contributed by atoms with Gasteiger partial charge >= 0.3 is 6.09 Å². The summed E-state index contributed by atoms with van der Waals surface area (Å²) in [4.78, 5) is 35.0. The first kappa shape index (κ1) is 20.2. The summed E-state index contributed by atoms with van der Waals surface area (Å²) in [5.74, 6) is -0.551. The Morgan fingerprint density at radius 1 is 1.12 bits per heavy atom. The number of benzene rings is 1. The van der Waals surface area contributed by atoms with Gasteiger partial charge in [0, 0.05) is 29.9 Å². The summed E-state index contributed by atoms with van der Waals surface area (Å²) >= 11 is 0. The van der Waals surface area contributed by atoms with Gasteiger partial charge in [0.05, 0.1) is 0 Å². The van der Waals surface area contributed by atoms with Gasteiger partial charge in [-0.1, -0.05) is 12.6 Å². The molecule has 0 saturated carbocycles. The molecule has 0 fully saturated rings. The molecule has 1 aromatic carbocycles. The minimum absolute atomic E-state index is 0.0988. The maximum atomic E-state index is 11.9. The highest BCUT2D eigenvalue weighted by Gasteiger charge is 2.15. The lowest BCUT2D eigenvalue weighted by molar-refractivity contribution is -0.116. The number of hydrogen-bond donors (Lipinski definition) is 3. The first-order valence-corrected chi connectivity index (χ1v) is 7.90. The normalized spacial score (nSPS) is 10.6. The lowest BCUT2D eigenvalue weighted by Gasteiger charge is -2.19. The van der Waals surface area contributed by atoms with Crippen LogP contribution in [0.25, 0.3) is 0 Å². The van der Waals surface area contributed by atoms with Crippen molar-refractivity contribution in [2.45, 2.75) is 39.7 Å². The molecule has 136 valence electrons. The summed E-state index contributed by atoms with van der Waals surface area (Å²) in [6.45, 7) is 10.6. The standard InChI is InChI=1S/C18H25N3O4/c1-12(2)16(23)21-14-8-6-7-13(11-14)20-15(22)9-10-19-17(24)25-18(3,4)5/h6-8,11H,1,9-10H2,2-5H3,(H,19,24)(H,20,22)(H,21,23). The molecule has 7 nitrogen and oxygen atoms in total. The van der Waals surface area contributed by atoms with Crippen molar-refractivity contribution in [1.29, 1.82) is 0 Å². The van der Waals surface area contributed by atoms with Crippen molar-refractivity contribution in [3.8, 4) is 0 Å². The van der Waals surface area contributed by atoms with Gasteiger partial charge in [0.25, 0.3) is 5.91 Å². The van der Waals surface area contributed by atoms with Gasteiger partial charge in [-0.3, -0.25) is 9.59 Å². The third kappa shape index (κ3) is 8.55. The van der Waals surface area contributed by atoms with Gasteiger partial charge in [0.2, 0.25) is 5.91 Å². The summed E-state index contributed by atoms with van der Waals surface area (Å²) in [5.41, 5.74) is 0.906. The highest BCUT2D eigenvalue weighted by molar-refractivity contribution is 6.03. The summed E-state index contributed by atoms with van der Waals surface area (Å²) in [6, 6.07) is 6.76. The van der Waals surface area contributed by atoms with Gasteiger partial charge in [-0.25, -0.2) is 4.79 Å². The number of anilines is 2. The zero-order valence-electron chi connectivity index (χ0n) is 15.1. The molecule has 1 aromatic rings. The lowest BCUT2D eigenvalue weighted by atomic mass is 10.2. The first-order valence-electron chi connectivity index (χ1n) is 7.90. The van der Waals surface area contributed by atoms with Crippen LogP contribution in [0.4, 0.5) is 16.2 Å². The van der Waals surface area contributed by atoms with E-state index in [1.807, 2.05) is 0 Å². The fraction of sp³-hybridized carbons (Fsp3) is 0.389. The zero-order chi connectivity index (χ0) is 19.0. The van der Waals surface area contributed by atoms with Gasteiger partial charge < -0.3 is 20.7 Å². The van der Waals surface area contributed by atoms with E-state index in [9.17, 15) is 14.4 Å². The van der Waals surface area contributed by atoms with E-state index in [1.54, 1.807) is 52.0 Å². The van der Waals surface area contributed by atoms with Crippen LogP contribution >= 0.6 is 0 Å². The van der Waals surface area contributed by atoms with Gasteiger partial charge in [-0.05, 0) is 45.9 Å². The molecule has 7 heteroatoms. The summed E-state index contributed by atoms with van der Waals surface area (Å²) in [6.07, 6.45) is -0.466. The van der Waals surface area contributed by atoms with Crippen molar-refractivity contribution in [2.75, 3.05) is 17.2 Å². The molecule has 0 atom stereocenters. The number of nitrogens with one attached hydrogen (secondary N) is 3. The average molecular weight is 347 g/mol. The van der Waals surface area contributed by atoms with E-state index in [4.69, 9.17) is 4.74 Å². The second-order valence-electron chi connectivity index (χ2n) is 6.54. The Bertz CT molecular complexity index is 663. The quantitative estimate of drug-likeness (QED) is 0.689. The molecule has 1 rings (SSSR count). The molecule has 0 aromatic heterocycles. The van der Waals surface area contributed by atoms with E-state index in [0.29, 0.717) is 16.9 Å². The van der Waals surface area contributed by atoms with E-state index in [2.05, 4.69) is 22.5 Å². The maximum absolute atomic E-state index is 11.9. The topological polar surface area (TPSA) is 96.5 Å². The number of alkyl carbamates (subject to hydrolysis) is 1. The zero-order valence-corrected chi connectivity index (χ0v) is 15.1. The van der Waals surface area contributed by atoms with E-state index >= 15 is 0 Å². The number of carbonyl (C=O) groups is 3. The SMILES string of the molecule is C=C(C)C(=O)Nc1cccc(NC(=O)CCNC(=O)OC(C)(C)C)c1. The minimum atomic E-state index is -0.582. The molecule has 0 aliphatic heterocycles. The Kier molecular flexibility index (Phi) is 7.17. The van der Waals surface area contributed by atoms with Crippen LogP contribution in [0.3, 0.4) is 0 Å². The van der Waals surface area contributed by atoms with E-state index in [1.165, 1.54) is 0 Å². The van der Waals surface area contributed by atoms with Crippen molar-refractivity contribution in [3.05, 3.63) is 36.4 Å². The fourth-order valence-electron chi connectivity index (χ4n) is 1.73. The van der Waals surface area contributed by atoms with Crippen LogP contribution in [0.1, 0.15) is 34.1 Å². The number of amides is 3. The predicted octanol–water partition coefficient (Wildman–Crippen LogP) is 3.05. The van der Waals surface area contributed by atoms with Gasteiger partial charge in [0.1, 0.15) is 5.60 Å².